The highest BCUT2D eigenvalue weighted by molar-refractivity contribution is 5.97. The largest absolute Gasteiger partial charge is 0.478 e. The SMILES string of the molecule is CC(=O)Nc1cccc(C(=O)NN=Cc2ccc(-c3cc(C(=O)O)ccc3C)o2)c1. The molecule has 152 valence electrons. The Morgan fingerprint density at radius 2 is 1.83 bits per heavy atom. The molecule has 0 unspecified atom stereocenters. The van der Waals surface area contributed by atoms with Crippen molar-refractivity contribution in [3.8, 4) is 11.3 Å². The van der Waals surface area contributed by atoms with Crippen LogP contribution in [0.1, 0.15) is 39.0 Å². The van der Waals surface area contributed by atoms with E-state index in [-0.39, 0.29) is 11.5 Å². The number of furan rings is 1. The number of nitrogens with zero attached hydrogens (tertiary/aromatic N) is 1. The predicted molar refractivity (Wildman–Crippen MR) is 112 cm³/mol. The van der Waals surface area contributed by atoms with Gasteiger partial charge in [0.15, 0.2) is 0 Å². The van der Waals surface area contributed by atoms with Crippen LogP contribution in [0.5, 0.6) is 0 Å². The molecule has 0 bridgehead atoms. The third-order valence-corrected chi connectivity index (χ3v) is 4.18. The van der Waals surface area contributed by atoms with Gasteiger partial charge in [0.1, 0.15) is 11.5 Å². The van der Waals surface area contributed by atoms with Crippen LogP contribution in [0.2, 0.25) is 0 Å². The van der Waals surface area contributed by atoms with Crippen molar-refractivity contribution in [2.24, 2.45) is 5.10 Å². The molecule has 0 spiro atoms. The highest BCUT2D eigenvalue weighted by atomic mass is 16.4. The fourth-order valence-corrected chi connectivity index (χ4v) is 2.75. The van der Waals surface area contributed by atoms with Crippen LogP contribution in [0.25, 0.3) is 11.3 Å². The second-order valence-electron chi connectivity index (χ2n) is 6.50. The van der Waals surface area contributed by atoms with Crippen LogP contribution < -0.4 is 10.7 Å². The molecule has 3 aromatic rings. The predicted octanol–water partition coefficient (Wildman–Crippen LogP) is 3.68. The zero-order valence-corrected chi connectivity index (χ0v) is 16.3. The summed E-state index contributed by atoms with van der Waals surface area (Å²) in [6, 6.07) is 14.6. The van der Waals surface area contributed by atoms with Crippen LogP contribution in [-0.2, 0) is 4.79 Å². The van der Waals surface area contributed by atoms with Gasteiger partial charge in [-0.25, -0.2) is 10.2 Å². The Labute approximate surface area is 172 Å². The Kier molecular flexibility index (Phi) is 6.07. The van der Waals surface area contributed by atoms with Crippen LogP contribution in [0.15, 0.2) is 64.1 Å². The Balaban J connectivity index is 1.69. The number of aromatic carboxylic acids is 1. The molecule has 3 N–H and O–H groups in total. The van der Waals surface area contributed by atoms with Crippen molar-refractivity contribution in [1.82, 2.24) is 5.43 Å². The number of carboxylic acid groups (broad SMARTS) is 1. The van der Waals surface area contributed by atoms with Crippen molar-refractivity contribution >= 4 is 29.7 Å². The molecule has 0 saturated carbocycles. The van der Waals surface area contributed by atoms with Crippen molar-refractivity contribution in [2.75, 3.05) is 5.32 Å². The van der Waals surface area contributed by atoms with E-state index < -0.39 is 11.9 Å². The lowest BCUT2D eigenvalue weighted by atomic mass is 10.0. The molecule has 2 amide bonds. The van der Waals surface area contributed by atoms with Crippen LogP contribution in [0.4, 0.5) is 5.69 Å². The lowest BCUT2D eigenvalue weighted by molar-refractivity contribution is -0.114. The number of hydrazone groups is 1. The first-order valence-corrected chi connectivity index (χ1v) is 8.98. The number of hydrogen-bond donors (Lipinski definition) is 3. The van der Waals surface area contributed by atoms with Gasteiger partial charge in [-0.15, -0.1) is 0 Å². The van der Waals surface area contributed by atoms with E-state index in [2.05, 4.69) is 15.8 Å². The quantitative estimate of drug-likeness (QED) is 0.427. The molecule has 30 heavy (non-hydrogen) atoms. The molecule has 1 heterocycles. The van der Waals surface area contributed by atoms with Crippen LogP contribution in [0, 0.1) is 6.92 Å². The normalized spacial score (nSPS) is 10.7. The summed E-state index contributed by atoms with van der Waals surface area (Å²) in [5.74, 6) is -0.822. The smallest absolute Gasteiger partial charge is 0.335 e. The van der Waals surface area contributed by atoms with Gasteiger partial charge in [-0.2, -0.15) is 5.10 Å². The third kappa shape index (κ3) is 4.99. The molecule has 0 atom stereocenters. The Morgan fingerprint density at radius 3 is 2.57 bits per heavy atom. The third-order valence-electron chi connectivity index (χ3n) is 4.18. The van der Waals surface area contributed by atoms with E-state index in [1.165, 1.54) is 25.3 Å². The second kappa shape index (κ2) is 8.87. The first-order valence-electron chi connectivity index (χ1n) is 8.98. The zero-order chi connectivity index (χ0) is 21.7. The summed E-state index contributed by atoms with van der Waals surface area (Å²) >= 11 is 0. The summed E-state index contributed by atoms with van der Waals surface area (Å²) in [7, 11) is 0. The topological polar surface area (TPSA) is 121 Å². The van der Waals surface area contributed by atoms with Crippen LogP contribution >= 0.6 is 0 Å². The zero-order valence-electron chi connectivity index (χ0n) is 16.3. The van der Waals surface area contributed by atoms with Gasteiger partial charge in [-0.05, 0) is 55.0 Å². The molecule has 0 fully saturated rings. The number of benzene rings is 2. The minimum Gasteiger partial charge on any atom is -0.478 e. The minimum absolute atomic E-state index is 0.163. The number of anilines is 1. The lowest BCUT2D eigenvalue weighted by Gasteiger charge is -2.04. The van der Waals surface area contributed by atoms with Gasteiger partial charge in [0.05, 0.1) is 11.8 Å². The summed E-state index contributed by atoms with van der Waals surface area (Å²) in [4.78, 5) is 34.5. The molecule has 8 nitrogen and oxygen atoms in total. The lowest BCUT2D eigenvalue weighted by Crippen LogP contribution is -2.18. The Morgan fingerprint density at radius 1 is 1.03 bits per heavy atom. The average Bonchev–Trinajstić information content (AvgIpc) is 3.16. The summed E-state index contributed by atoms with van der Waals surface area (Å²) in [5, 5.41) is 15.7. The number of carbonyl (C=O) groups excluding carboxylic acids is 2. The molecular weight excluding hydrogens is 386 g/mol. The van der Waals surface area contributed by atoms with Crippen LogP contribution in [-0.4, -0.2) is 29.1 Å². The maximum Gasteiger partial charge on any atom is 0.335 e. The van der Waals surface area contributed by atoms with Gasteiger partial charge in [0.25, 0.3) is 5.91 Å². The first kappa shape index (κ1) is 20.5. The Hall–Kier alpha value is -4.20. The maximum atomic E-state index is 12.2. The van der Waals surface area contributed by atoms with E-state index in [1.54, 1.807) is 42.5 Å². The van der Waals surface area contributed by atoms with E-state index in [1.807, 2.05) is 6.92 Å². The van der Waals surface area contributed by atoms with E-state index in [0.29, 0.717) is 28.3 Å². The fraction of sp³-hybridized carbons (Fsp3) is 0.0909. The highest BCUT2D eigenvalue weighted by Crippen LogP contribution is 2.26. The second-order valence-corrected chi connectivity index (χ2v) is 6.50. The molecule has 8 heteroatoms. The number of amides is 2. The van der Waals surface area contributed by atoms with Crippen molar-refractivity contribution in [3.05, 3.63) is 77.0 Å². The molecule has 0 saturated heterocycles. The fourth-order valence-electron chi connectivity index (χ4n) is 2.75. The molecule has 0 radical (unpaired) electrons. The van der Waals surface area contributed by atoms with Gasteiger partial charge >= 0.3 is 5.97 Å². The van der Waals surface area contributed by atoms with Crippen molar-refractivity contribution in [1.29, 1.82) is 0 Å². The molecule has 0 aliphatic rings. The number of rotatable bonds is 6. The van der Waals surface area contributed by atoms with E-state index in [0.717, 1.165) is 5.56 Å². The average molecular weight is 405 g/mol. The number of aryl methyl sites for hydroxylation is 1. The van der Waals surface area contributed by atoms with Crippen molar-refractivity contribution in [3.63, 3.8) is 0 Å². The number of carboxylic acids is 1. The molecule has 0 aliphatic carbocycles. The standard InChI is InChI=1S/C22H19N3O5/c1-13-6-7-16(22(28)29)11-19(13)20-9-8-18(30-20)12-23-25-21(27)15-4-3-5-17(10-15)24-14(2)26/h3-12H,1-2H3,(H,24,26)(H,25,27)(H,28,29). The van der Waals surface area contributed by atoms with Crippen molar-refractivity contribution < 1.29 is 23.9 Å². The van der Waals surface area contributed by atoms with Gasteiger partial charge in [-0.3, -0.25) is 9.59 Å². The molecule has 3 rings (SSSR count). The van der Waals surface area contributed by atoms with E-state index in [4.69, 9.17) is 9.52 Å². The van der Waals surface area contributed by atoms with Gasteiger partial charge in [0, 0.05) is 23.7 Å². The Bertz CT molecular complexity index is 1150. The summed E-state index contributed by atoms with van der Waals surface area (Å²) < 4.78 is 5.69. The number of carbonyl (C=O) groups is 3. The first-order chi connectivity index (χ1) is 14.3. The molecule has 1 aromatic heterocycles. The number of hydrogen-bond acceptors (Lipinski definition) is 5. The molecular formula is C22H19N3O5. The summed E-state index contributed by atoms with van der Waals surface area (Å²) in [5.41, 5.74) is 4.92. The highest BCUT2D eigenvalue weighted by Gasteiger charge is 2.11. The maximum absolute atomic E-state index is 12.2. The van der Waals surface area contributed by atoms with Gasteiger partial charge in [-0.1, -0.05) is 12.1 Å². The molecule has 0 aliphatic heterocycles. The summed E-state index contributed by atoms with van der Waals surface area (Å²) in [6.45, 7) is 3.24. The minimum atomic E-state index is -1.02. The van der Waals surface area contributed by atoms with Crippen LogP contribution in [0.3, 0.4) is 0 Å². The van der Waals surface area contributed by atoms with Gasteiger partial charge in [0.2, 0.25) is 5.91 Å². The summed E-state index contributed by atoms with van der Waals surface area (Å²) in [6.07, 6.45) is 1.34. The number of nitrogens with one attached hydrogen (secondary N) is 2. The van der Waals surface area contributed by atoms with E-state index >= 15 is 0 Å². The van der Waals surface area contributed by atoms with E-state index in [9.17, 15) is 14.4 Å². The van der Waals surface area contributed by atoms with Gasteiger partial charge < -0.3 is 14.8 Å². The van der Waals surface area contributed by atoms with Crippen molar-refractivity contribution in [2.45, 2.75) is 13.8 Å². The molecule has 2 aromatic carbocycles. The monoisotopic (exact) mass is 405 g/mol.